The normalized spacial score (nSPS) is 12.3. The molecule has 0 aliphatic rings. The molecule has 2 aromatic rings. The maximum absolute atomic E-state index is 11.5. The van der Waals surface area contributed by atoms with E-state index in [1.54, 1.807) is 18.5 Å². The molecule has 2 heterocycles. The number of nitrogens with zero attached hydrogens (tertiary/aromatic N) is 3. The first-order valence-electron chi connectivity index (χ1n) is 7.24. The summed E-state index contributed by atoms with van der Waals surface area (Å²) in [6.45, 7) is 7.46. The van der Waals surface area contributed by atoms with Crippen LogP contribution in [-0.4, -0.2) is 32.7 Å². The molecule has 0 aliphatic carbocycles. The number of imidazole rings is 1. The molecule has 6 heteroatoms. The number of ether oxygens (including phenoxy) is 1. The maximum atomic E-state index is 11.5. The number of pyridine rings is 1. The average Bonchev–Trinajstić information content (AvgIpc) is 2.89. The molecule has 122 valence electrons. The summed E-state index contributed by atoms with van der Waals surface area (Å²) >= 11 is 0. The highest BCUT2D eigenvalue weighted by molar-refractivity contribution is 5.93. The van der Waals surface area contributed by atoms with Crippen molar-refractivity contribution in [1.29, 1.82) is 0 Å². The Hall–Kier alpha value is -2.63. The SMILES string of the molecule is COc1nc(C=C(C(=O)O)C(C)(C)C)ccc1-n1cnc(C)c1. The lowest BCUT2D eigenvalue weighted by Crippen LogP contribution is -2.17. The van der Waals surface area contributed by atoms with E-state index in [0.29, 0.717) is 17.1 Å². The van der Waals surface area contributed by atoms with E-state index >= 15 is 0 Å². The van der Waals surface area contributed by atoms with Crippen LogP contribution in [0.4, 0.5) is 0 Å². The van der Waals surface area contributed by atoms with Gasteiger partial charge in [0.15, 0.2) is 0 Å². The summed E-state index contributed by atoms with van der Waals surface area (Å²) < 4.78 is 7.16. The molecule has 0 atom stereocenters. The fraction of sp³-hybridized carbons (Fsp3) is 0.353. The van der Waals surface area contributed by atoms with E-state index in [0.717, 1.165) is 11.4 Å². The molecule has 0 spiro atoms. The van der Waals surface area contributed by atoms with Gasteiger partial charge in [0.25, 0.3) is 0 Å². The minimum Gasteiger partial charge on any atom is -0.479 e. The molecule has 0 bridgehead atoms. The Balaban J connectivity index is 2.49. The highest BCUT2D eigenvalue weighted by Gasteiger charge is 2.23. The van der Waals surface area contributed by atoms with Gasteiger partial charge in [0.2, 0.25) is 5.88 Å². The van der Waals surface area contributed by atoms with Crippen molar-refractivity contribution >= 4 is 12.0 Å². The Bertz CT molecular complexity index is 755. The number of carboxylic acid groups (broad SMARTS) is 1. The molecule has 0 aromatic carbocycles. The summed E-state index contributed by atoms with van der Waals surface area (Å²) in [6, 6.07) is 3.60. The van der Waals surface area contributed by atoms with E-state index in [4.69, 9.17) is 4.74 Å². The highest BCUT2D eigenvalue weighted by atomic mass is 16.5. The second kappa shape index (κ2) is 6.24. The predicted molar refractivity (Wildman–Crippen MR) is 87.7 cm³/mol. The molecular formula is C17H21N3O3. The molecule has 0 amide bonds. The lowest BCUT2D eigenvalue weighted by Gasteiger charge is -2.19. The highest BCUT2D eigenvalue weighted by Crippen LogP contribution is 2.28. The van der Waals surface area contributed by atoms with Crippen LogP contribution in [-0.2, 0) is 4.79 Å². The summed E-state index contributed by atoms with van der Waals surface area (Å²) in [5, 5.41) is 9.39. The third-order valence-corrected chi connectivity index (χ3v) is 3.38. The fourth-order valence-electron chi connectivity index (χ4n) is 2.17. The van der Waals surface area contributed by atoms with Crippen LogP contribution in [0.2, 0.25) is 0 Å². The van der Waals surface area contributed by atoms with Crippen molar-refractivity contribution in [3.63, 3.8) is 0 Å². The van der Waals surface area contributed by atoms with Gasteiger partial charge in [-0.25, -0.2) is 14.8 Å². The van der Waals surface area contributed by atoms with Gasteiger partial charge < -0.3 is 14.4 Å². The molecule has 23 heavy (non-hydrogen) atoms. The zero-order chi connectivity index (χ0) is 17.2. The van der Waals surface area contributed by atoms with Crippen LogP contribution < -0.4 is 4.74 Å². The molecular weight excluding hydrogens is 294 g/mol. The number of aromatic nitrogens is 3. The van der Waals surface area contributed by atoms with E-state index < -0.39 is 11.4 Å². The molecule has 2 aromatic heterocycles. The van der Waals surface area contributed by atoms with E-state index in [2.05, 4.69) is 9.97 Å². The maximum Gasteiger partial charge on any atom is 0.332 e. The van der Waals surface area contributed by atoms with Crippen molar-refractivity contribution in [3.05, 3.63) is 41.6 Å². The van der Waals surface area contributed by atoms with Crippen LogP contribution >= 0.6 is 0 Å². The van der Waals surface area contributed by atoms with Crippen molar-refractivity contribution in [2.45, 2.75) is 27.7 Å². The number of hydrogen-bond acceptors (Lipinski definition) is 4. The summed E-state index contributed by atoms with van der Waals surface area (Å²) in [6.07, 6.45) is 5.13. The summed E-state index contributed by atoms with van der Waals surface area (Å²) in [4.78, 5) is 20.0. The topological polar surface area (TPSA) is 77.2 Å². The summed E-state index contributed by atoms with van der Waals surface area (Å²) in [5.74, 6) is -0.539. The van der Waals surface area contributed by atoms with Crippen molar-refractivity contribution in [2.75, 3.05) is 7.11 Å². The Morgan fingerprint density at radius 2 is 2.04 bits per heavy atom. The fourth-order valence-corrected chi connectivity index (χ4v) is 2.17. The second-order valence-electron chi connectivity index (χ2n) is 6.30. The number of carboxylic acids is 1. The van der Waals surface area contributed by atoms with E-state index in [1.807, 2.05) is 44.5 Å². The van der Waals surface area contributed by atoms with E-state index in [-0.39, 0.29) is 0 Å². The lowest BCUT2D eigenvalue weighted by molar-refractivity contribution is -0.133. The first-order valence-corrected chi connectivity index (χ1v) is 7.24. The molecule has 2 rings (SSSR count). The van der Waals surface area contributed by atoms with Gasteiger partial charge in [-0.3, -0.25) is 0 Å². The number of methoxy groups -OCH3 is 1. The van der Waals surface area contributed by atoms with Crippen molar-refractivity contribution < 1.29 is 14.6 Å². The minimum atomic E-state index is -0.951. The molecule has 6 nitrogen and oxygen atoms in total. The van der Waals surface area contributed by atoms with Gasteiger partial charge in [0.1, 0.15) is 5.69 Å². The van der Waals surface area contributed by atoms with E-state index in [9.17, 15) is 9.90 Å². The van der Waals surface area contributed by atoms with Gasteiger partial charge >= 0.3 is 5.97 Å². The third-order valence-electron chi connectivity index (χ3n) is 3.38. The first kappa shape index (κ1) is 16.7. The number of carbonyl (C=O) groups is 1. The van der Waals surface area contributed by atoms with Crippen molar-refractivity contribution in [2.24, 2.45) is 5.41 Å². The largest absolute Gasteiger partial charge is 0.479 e. The average molecular weight is 315 g/mol. The summed E-state index contributed by atoms with van der Waals surface area (Å²) in [7, 11) is 1.53. The number of aliphatic carboxylic acids is 1. The third kappa shape index (κ3) is 3.77. The number of rotatable bonds is 4. The Kier molecular flexibility index (Phi) is 4.54. The van der Waals surface area contributed by atoms with Gasteiger partial charge in [-0.05, 0) is 30.5 Å². The summed E-state index contributed by atoms with van der Waals surface area (Å²) in [5.41, 5.74) is 1.98. The van der Waals surface area contributed by atoms with Gasteiger partial charge in [-0.2, -0.15) is 0 Å². The van der Waals surface area contributed by atoms with Crippen LogP contribution in [0, 0.1) is 12.3 Å². The smallest absolute Gasteiger partial charge is 0.332 e. The van der Waals surface area contributed by atoms with Crippen molar-refractivity contribution in [1.82, 2.24) is 14.5 Å². The molecule has 0 saturated carbocycles. The number of hydrogen-bond donors (Lipinski definition) is 1. The van der Waals surface area contributed by atoms with Gasteiger partial charge in [0, 0.05) is 11.8 Å². The second-order valence-corrected chi connectivity index (χ2v) is 6.30. The van der Waals surface area contributed by atoms with Crippen LogP contribution in [0.15, 0.2) is 30.2 Å². The zero-order valence-electron chi connectivity index (χ0n) is 14.0. The Morgan fingerprint density at radius 3 is 2.52 bits per heavy atom. The van der Waals surface area contributed by atoms with E-state index in [1.165, 1.54) is 7.11 Å². The van der Waals surface area contributed by atoms with Crippen LogP contribution in [0.1, 0.15) is 32.2 Å². The van der Waals surface area contributed by atoms with Crippen LogP contribution in [0.25, 0.3) is 11.8 Å². The quantitative estimate of drug-likeness (QED) is 0.877. The van der Waals surface area contributed by atoms with Gasteiger partial charge in [0.05, 0.1) is 24.8 Å². The first-order chi connectivity index (χ1) is 10.7. The predicted octanol–water partition coefficient (Wildman–Crippen LogP) is 3.10. The molecule has 0 unspecified atom stereocenters. The van der Waals surface area contributed by atoms with Gasteiger partial charge in [-0.1, -0.05) is 20.8 Å². The molecule has 0 aliphatic heterocycles. The van der Waals surface area contributed by atoms with Crippen LogP contribution in [0.3, 0.4) is 0 Å². The Morgan fingerprint density at radius 1 is 1.35 bits per heavy atom. The van der Waals surface area contributed by atoms with Crippen LogP contribution in [0.5, 0.6) is 5.88 Å². The molecule has 1 N–H and O–H groups in total. The lowest BCUT2D eigenvalue weighted by atomic mass is 9.86. The van der Waals surface area contributed by atoms with Gasteiger partial charge in [-0.15, -0.1) is 0 Å². The molecule has 0 fully saturated rings. The van der Waals surface area contributed by atoms with Crippen molar-refractivity contribution in [3.8, 4) is 11.6 Å². The zero-order valence-corrected chi connectivity index (χ0v) is 14.0. The Labute approximate surface area is 135 Å². The monoisotopic (exact) mass is 315 g/mol. The minimum absolute atomic E-state index is 0.290. The standard InChI is InChI=1S/C17H21N3O3/c1-11-9-20(10-18-11)14-7-6-12(19-15(14)23-5)8-13(16(21)22)17(2,3)4/h6-10H,1-5H3,(H,21,22). The molecule has 0 saturated heterocycles. The molecule has 0 radical (unpaired) electrons. The number of aryl methyl sites for hydroxylation is 1.